The number of hydrogen-bond acceptors (Lipinski definition) is 9. The van der Waals surface area contributed by atoms with E-state index in [-0.39, 0.29) is 28.3 Å². The van der Waals surface area contributed by atoms with E-state index in [1.54, 1.807) is 17.0 Å². The molecule has 11 nitrogen and oxygen atoms in total. The van der Waals surface area contributed by atoms with Gasteiger partial charge in [0.25, 0.3) is 21.8 Å². The number of benzene rings is 2. The van der Waals surface area contributed by atoms with Gasteiger partial charge in [-0.05, 0) is 56.3 Å². The van der Waals surface area contributed by atoms with Crippen LogP contribution in [0.4, 0.5) is 17.2 Å². The third-order valence-electron chi connectivity index (χ3n) is 6.23. The van der Waals surface area contributed by atoms with Gasteiger partial charge < -0.3 is 9.47 Å². The summed E-state index contributed by atoms with van der Waals surface area (Å²) in [6, 6.07) is 13.5. The molecule has 0 spiro atoms. The summed E-state index contributed by atoms with van der Waals surface area (Å²) in [6.45, 7) is 2.46. The summed E-state index contributed by atoms with van der Waals surface area (Å²) < 4.78 is 38.6. The average molecular weight is 523 g/mol. The van der Waals surface area contributed by atoms with E-state index in [2.05, 4.69) is 24.6 Å². The first-order valence-corrected chi connectivity index (χ1v) is 13.2. The second kappa shape index (κ2) is 10.1. The summed E-state index contributed by atoms with van der Waals surface area (Å²) in [5, 5.41) is 0. The topological polar surface area (TPSA) is 126 Å². The monoisotopic (exact) mass is 522 g/mol. The number of aliphatic imine (C=N–C) groups is 1. The van der Waals surface area contributed by atoms with E-state index in [4.69, 9.17) is 9.47 Å². The van der Waals surface area contributed by atoms with Gasteiger partial charge in [-0.3, -0.25) is 19.3 Å². The fourth-order valence-corrected chi connectivity index (χ4v) is 5.42. The molecule has 3 aromatic rings. The molecule has 37 heavy (non-hydrogen) atoms. The minimum atomic E-state index is -4.00. The lowest BCUT2D eigenvalue weighted by Crippen LogP contribution is -2.39. The quantitative estimate of drug-likeness (QED) is 0.479. The van der Waals surface area contributed by atoms with Crippen molar-refractivity contribution in [2.45, 2.75) is 17.7 Å². The highest BCUT2D eigenvalue weighted by atomic mass is 32.2. The van der Waals surface area contributed by atoms with E-state index < -0.39 is 10.0 Å². The zero-order chi connectivity index (χ0) is 26.0. The van der Waals surface area contributed by atoms with Crippen LogP contribution in [0.25, 0.3) is 0 Å². The lowest BCUT2D eigenvalue weighted by molar-refractivity contribution is -0.112. The highest BCUT2D eigenvalue weighted by molar-refractivity contribution is 7.92. The van der Waals surface area contributed by atoms with Crippen molar-refractivity contribution < 1.29 is 22.7 Å². The zero-order valence-electron chi connectivity index (χ0n) is 20.4. The van der Waals surface area contributed by atoms with Gasteiger partial charge in [0.2, 0.25) is 5.75 Å². The summed E-state index contributed by atoms with van der Waals surface area (Å²) in [7, 11) is -1.25. The number of carbonyl (C=O) groups is 1. The molecule has 0 bridgehead atoms. The number of likely N-dealkylation sites (tertiary alicyclic amines) is 1. The first-order valence-electron chi connectivity index (χ1n) is 11.7. The van der Waals surface area contributed by atoms with Crippen molar-refractivity contribution in [1.82, 2.24) is 14.9 Å². The molecule has 2 aliphatic rings. The molecule has 1 fully saturated rings. The molecule has 2 aromatic carbocycles. The van der Waals surface area contributed by atoms with Crippen molar-refractivity contribution in [1.29, 1.82) is 0 Å². The molecule has 1 saturated heterocycles. The van der Waals surface area contributed by atoms with Gasteiger partial charge in [-0.25, -0.2) is 18.4 Å². The molecule has 2 aliphatic heterocycles. The summed E-state index contributed by atoms with van der Waals surface area (Å²) >= 11 is 0. The Morgan fingerprint density at radius 3 is 2.43 bits per heavy atom. The Kier molecular flexibility index (Phi) is 6.76. The van der Waals surface area contributed by atoms with Crippen LogP contribution in [0.1, 0.15) is 18.4 Å². The van der Waals surface area contributed by atoms with Gasteiger partial charge in [0.1, 0.15) is 12.0 Å². The van der Waals surface area contributed by atoms with Gasteiger partial charge in [0, 0.05) is 5.56 Å². The van der Waals surface area contributed by atoms with Crippen molar-refractivity contribution in [3.8, 4) is 11.6 Å². The van der Waals surface area contributed by atoms with E-state index >= 15 is 0 Å². The first-order chi connectivity index (χ1) is 17.9. The largest absolute Gasteiger partial charge is 0.489 e. The number of carbonyl (C=O) groups excluding carboxylic acids is 1. The SMILES string of the molecule is COc1ncnc(NS(=O)(=O)c2ccc(N=C3C(=O)N(CN4CCCC4)c4ccccc43)cc2)c1OC. The Bertz CT molecular complexity index is 1450. The van der Waals surface area contributed by atoms with Gasteiger partial charge in [0.05, 0.1) is 37.2 Å². The molecule has 1 aromatic heterocycles. The Labute approximate surface area is 214 Å². The number of nitrogens with one attached hydrogen (secondary N) is 1. The second-order valence-electron chi connectivity index (χ2n) is 8.54. The van der Waals surface area contributed by atoms with Gasteiger partial charge in [-0.1, -0.05) is 18.2 Å². The van der Waals surface area contributed by atoms with Crippen LogP contribution in [-0.2, 0) is 14.8 Å². The number of rotatable bonds is 8. The van der Waals surface area contributed by atoms with Crippen LogP contribution < -0.4 is 19.1 Å². The van der Waals surface area contributed by atoms with Crippen LogP contribution in [0.5, 0.6) is 11.6 Å². The van der Waals surface area contributed by atoms with Crippen LogP contribution in [0.15, 0.2) is 64.7 Å². The fourth-order valence-electron chi connectivity index (χ4n) is 4.41. The van der Waals surface area contributed by atoms with E-state index in [9.17, 15) is 13.2 Å². The average Bonchev–Trinajstić information content (AvgIpc) is 3.51. The Hall–Kier alpha value is -4.03. The molecule has 1 amide bonds. The van der Waals surface area contributed by atoms with Gasteiger partial charge >= 0.3 is 0 Å². The summed E-state index contributed by atoms with van der Waals surface area (Å²) in [4.78, 5) is 29.8. The van der Waals surface area contributed by atoms with E-state index in [1.165, 1.54) is 32.7 Å². The van der Waals surface area contributed by atoms with Crippen LogP contribution in [0.2, 0.25) is 0 Å². The van der Waals surface area contributed by atoms with Crippen LogP contribution in [0, 0.1) is 0 Å². The van der Waals surface area contributed by atoms with Crippen molar-refractivity contribution >= 4 is 38.8 Å². The zero-order valence-corrected chi connectivity index (χ0v) is 21.2. The highest BCUT2D eigenvalue weighted by Gasteiger charge is 2.35. The van der Waals surface area contributed by atoms with Gasteiger partial charge in [-0.2, -0.15) is 4.98 Å². The predicted molar refractivity (Wildman–Crippen MR) is 138 cm³/mol. The summed E-state index contributed by atoms with van der Waals surface area (Å²) in [5.41, 5.74) is 2.38. The molecule has 192 valence electrons. The van der Waals surface area contributed by atoms with E-state index in [1.807, 2.05) is 24.3 Å². The number of methoxy groups -OCH3 is 2. The maximum absolute atomic E-state index is 13.3. The number of ether oxygens (including phenoxy) is 2. The molecule has 0 saturated carbocycles. The molecule has 0 atom stereocenters. The molecule has 0 unspecified atom stereocenters. The molecule has 12 heteroatoms. The minimum absolute atomic E-state index is 0.00936. The van der Waals surface area contributed by atoms with Crippen molar-refractivity contribution in [2.24, 2.45) is 4.99 Å². The third kappa shape index (κ3) is 4.85. The number of anilines is 2. The maximum Gasteiger partial charge on any atom is 0.278 e. The second-order valence-corrected chi connectivity index (χ2v) is 10.2. The molecule has 1 N–H and O–H groups in total. The molecular formula is C25H26N6O5S. The number of fused-ring (bicyclic) bond motifs is 1. The van der Waals surface area contributed by atoms with Crippen LogP contribution in [0.3, 0.4) is 0 Å². The van der Waals surface area contributed by atoms with Crippen LogP contribution in [-0.4, -0.2) is 68.9 Å². The molecule has 0 aliphatic carbocycles. The maximum atomic E-state index is 13.3. The van der Waals surface area contributed by atoms with Crippen LogP contribution >= 0.6 is 0 Å². The van der Waals surface area contributed by atoms with Gasteiger partial charge in [0.15, 0.2) is 5.82 Å². The normalized spacial score (nSPS) is 16.8. The Morgan fingerprint density at radius 2 is 1.73 bits per heavy atom. The third-order valence-corrected chi connectivity index (χ3v) is 7.58. The number of amides is 1. The summed E-state index contributed by atoms with van der Waals surface area (Å²) in [6.07, 6.45) is 3.43. The molecule has 5 rings (SSSR count). The standard InChI is InChI=1S/C25H26N6O5S/c1-35-22-23(26-15-27-24(22)36-2)29-37(33,34)18-11-9-17(10-12-18)28-21-19-7-3-4-8-20(19)31(25(21)32)16-30-13-5-6-14-30/h3-4,7-12,15H,5-6,13-14,16H2,1-2H3,(H,26,27,29). The Balaban J connectivity index is 1.39. The molecule has 0 radical (unpaired) electrons. The van der Waals surface area contributed by atoms with Crippen molar-refractivity contribution in [3.63, 3.8) is 0 Å². The number of nitrogens with zero attached hydrogens (tertiary/aromatic N) is 5. The fraction of sp³-hybridized carbons (Fsp3) is 0.280. The predicted octanol–water partition coefficient (Wildman–Crippen LogP) is 2.82. The molecule has 3 heterocycles. The lowest BCUT2D eigenvalue weighted by atomic mass is 10.1. The van der Waals surface area contributed by atoms with Crippen molar-refractivity contribution in [2.75, 3.05) is 43.6 Å². The minimum Gasteiger partial charge on any atom is -0.489 e. The number of sulfonamides is 1. The smallest absolute Gasteiger partial charge is 0.278 e. The Morgan fingerprint density at radius 1 is 1.00 bits per heavy atom. The number of hydrogen-bond donors (Lipinski definition) is 1. The lowest BCUT2D eigenvalue weighted by Gasteiger charge is -2.23. The van der Waals surface area contributed by atoms with E-state index in [0.717, 1.165) is 37.2 Å². The number of para-hydroxylation sites is 1. The number of aromatic nitrogens is 2. The highest BCUT2D eigenvalue weighted by Crippen LogP contribution is 2.33. The summed E-state index contributed by atoms with van der Waals surface area (Å²) in [5.74, 6) is -0.0589. The first kappa shape index (κ1) is 24.7. The van der Waals surface area contributed by atoms with E-state index in [0.29, 0.717) is 18.1 Å². The van der Waals surface area contributed by atoms with Crippen molar-refractivity contribution in [3.05, 3.63) is 60.4 Å². The molecular weight excluding hydrogens is 496 g/mol. The van der Waals surface area contributed by atoms with Gasteiger partial charge in [-0.15, -0.1) is 0 Å².